The van der Waals surface area contributed by atoms with Crippen LogP contribution in [0.3, 0.4) is 0 Å². The van der Waals surface area contributed by atoms with E-state index >= 15 is 0 Å². The number of carbonyl (C=O) groups excluding carboxylic acids is 1. The van der Waals surface area contributed by atoms with Gasteiger partial charge in [-0.2, -0.15) is 0 Å². The number of allylic oxidation sites excluding steroid dienone is 1. The van der Waals surface area contributed by atoms with Gasteiger partial charge in [-0.25, -0.2) is 0 Å². The van der Waals surface area contributed by atoms with E-state index in [-0.39, 0.29) is 12.5 Å². The van der Waals surface area contributed by atoms with Crippen LogP contribution in [0.1, 0.15) is 30.2 Å². The van der Waals surface area contributed by atoms with E-state index in [2.05, 4.69) is 10.3 Å². The normalized spacial score (nSPS) is 18.5. The molecule has 1 aromatic heterocycles. The second kappa shape index (κ2) is 10.2. The number of rotatable bonds is 10. The zero-order valence-electron chi connectivity index (χ0n) is 19.5. The standard InChI is InChI=1S/C26H30N4O4/c1-19(8-6-7-14-29-18-21(13-15-31)27-28-29)26(33)23-16-22(34-2)11-12-24(23)30(25(26)32)17-20-9-4-3-5-10-20/h3-6,8-12,16,18-19,31,33H,7,13-15,17H2,1-2H3/b8-6+/t19-,26+/m0/s1. The summed E-state index contributed by atoms with van der Waals surface area (Å²) in [7, 11) is 1.57. The van der Waals surface area contributed by atoms with Crippen molar-refractivity contribution in [2.75, 3.05) is 18.6 Å². The molecule has 34 heavy (non-hydrogen) atoms. The number of ether oxygens (including phenoxy) is 1. The molecule has 0 spiro atoms. The Balaban J connectivity index is 1.54. The molecule has 0 saturated heterocycles. The zero-order valence-corrected chi connectivity index (χ0v) is 19.5. The van der Waals surface area contributed by atoms with E-state index in [0.717, 1.165) is 11.3 Å². The number of nitrogens with zero attached hydrogens (tertiary/aromatic N) is 4. The number of aromatic nitrogens is 3. The molecule has 2 heterocycles. The summed E-state index contributed by atoms with van der Waals surface area (Å²) in [5.41, 5.74) is 1.27. The summed E-state index contributed by atoms with van der Waals surface area (Å²) in [6.45, 7) is 2.87. The molecule has 2 aromatic carbocycles. The van der Waals surface area contributed by atoms with Gasteiger partial charge in [-0.15, -0.1) is 5.10 Å². The Morgan fingerprint density at radius 3 is 2.74 bits per heavy atom. The summed E-state index contributed by atoms with van der Waals surface area (Å²) in [4.78, 5) is 15.3. The molecule has 1 amide bonds. The fourth-order valence-corrected chi connectivity index (χ4v) is 4.30. The number of benzene rings is 2. The molecule has 0 fully saturated rings. The molecule has 178 valence electrons. The number of aliphatic hydroxyl groups excluding tert-OH is 1. The molecule has 0 radical (unpaired) electrons. The van der Waals surface area contributed by atoms with Crippen LogP contribution in [0.2, 0.25) is 0 Å². The lowest BCUT2D eigenvalue weighted by molar-refractivity contribution is -0.139. The third-order valence-electron chi connectivity index (χ3n) is 6.22. The Kier molecular flexibility index (Phi) is 7.09. The van der Waals surface area contributed by atoms with Crippen molar-refractivity contribution >= 4 is 11.6 Å². The van der Waals surface area contributed by atoms with Crippen LogP contribution in [0.25, 0.3) is 0 Å². The number of anilines is 1. The Morgan fingerprint density at radius 1 is 1.21 bits per heavy atom. The highest BCUT2D eigenvalue weighted by molar-refractivity contribution is 6.07. The predicted octanol–water partition coefficient (Wildman–Crippen LogP) is 2.84. The summed E-state index contributed by atoms with van der Waals surface area (Å²) in [5.74, 6) is -0.221. The first-order valence-corrected chi connectivity index (χ1v) is 11.4. The molecule has 8 heteroatoms. The molecule has 3 aromatic rings. The third kappa shape index (κ3) is 4.60. The van der Waals surface area contributed by atoms with Gasteiger partial charge in [0.1, 0.15) is 5.75 Å². The van der Waals surface area contributed by atoms with Crippen LogP contribution in [-0.2, 0) is 29.9 Å². The fraction of sp³-hybridized carbons (Fsp3) is 0.346. The average Bonchev–Trinajstić information content (AvgIpc) is 3.39. The van der Waals surface area contributed by atoms with Gasteiger partial charge in [0.15, 0.2) is 5.60 Å². The number of amides is 1. The number of hydrogen-bond donors (Lipinski definition) is 2. The maximum Gasteiger partial charge on any atom is 0.264 e. The van der Waals surface area contributed by atoms with Crippen LogP contribution in [-0.4, -0.2) is 44.8 Å². The van der Waals surface area contributed by atoms with Gasteiger partial charge in [0.2, 0.25) is 0 Å². The summed E-state index contributed by atoms with van der Waals surface area (Å²) < 4.78 is 7.10. The van der Waals surface area contributed by atoms with E-state index < -0.39 is 11.5 Å². The minimum absolute atomic E-state index is 0.0380. The van der Waals surface area contributed by atoms with E-state index in [9.17, 15) is 9.90 Å². The van der Waals surface area contributed by atoms with Gasteiger partial charge in [0.05, 0.1) is 25.0 Å². The highest BCUT2D eigenvalue weighted by Crippen LogP contribution is 2.47. The Morgan fingerprint density at radius 2 is 2.00 bits per heavy atom. The first-order chi connectivity index (χ1) is 16.5. The van der Waals surface area contributed by atoms with Gasteiger partial charge < -0.3 is 19.8 Å². The maximum atomic E-state index is 13.6. The van der Waals surface area contributed by atoms with E-state index in [1.807, 2.05) is 61.7 Å². The summed E-state index contributed by atoms with van der Waals surface area (Å²) in [6.07, 6.45) is 6.77. The van der Waals surface area contributed by atoms with Gasteiger partial charge in [0, 0.05) is 37.3 Å². The molecule has 4 rings (SSSR count). The molecular formula is C26H30N4O4. The Bertz CT molecular complexity index is 1160. The van der Waals surface area contributed by atoms with Gasteiger partial charge in [0.25, 0.3) is 5.91 Å². The molecule has 2 N–H and O–H groups in total. The lowest BCUT2D eigenvalue weighted by Crippen LogP contribution is -2.44. The molecular weight excluding hydrogens is 432 g/mol. The van der Waals surface area contributed by atoms with Crippen LogP contribution in [0, 0.1) is 5.92 Å². The fourth-order valence-electron chi connectivity index (χ4n) is 4.30. The first kappa shape index (κ1) is 23.7. The van der Waals surface area contributed by atoms with Crippen molar-refractivity contribution in [3.05, 3.63) is 83.7 Å². The lowest BCUT2D eigenvalue weighted by atomic mass is 9.83. The van der Waals surface area contributed by atoms with Gasteiger partial charge >= 0.3 is 0 Å². The van der Waals surface area contributed by atoms with Crippen LogP contribution in [0.5, 0.6) is 5.75 Å². The van der Waals surface area contributed by atoms with Crippen LogP contribution in [0.4, 0.5) is 5.69 Å². The van der Waals surface area contributed by atoms with Crippen LogP contribution in [0.15, 0.2) is 66.9 Å². The summed E-state index contributed by atoms with van der Waals surface area (Å²) in [6, 6.07) is 15.1. The largest absolute Gasteiger partial charge is 0.497 e. The quantitative estimate of drug-likeness (QED) is 0.450. The first-order valence-electron chi connectivity index (χ1n) is 11.4. The summed E-state index contributed by atoms with van der Waals surface area (Å²) in [5, 5.41) is 28.9. The second-order valence-electron chi connectivity index (χ2n) is 8.48. The van der Waals surface area contributed by atoms with Gasteiger partial charge in [-0.1, -0.05) is 54.6 Å². The minimum Gasteiger partial charge on any atom is -0.497 e. The van der Waals surface area contributed by atoms with Crippen LogP contribution < -0.4 is 9.64 Å². The number of aliphatic hydroxyl groups is 2. The Hall–Kier alpha value is -3.49. The van der Waals surface area contributed by atoms with Crippen molar-refractivity contribution in [3.63, 3.8) is 0 Å². The maximum absolute atomic E-state index is 13.6. The minimum atomic E-state index is -1.70. The predicted molar refractivity (Wildman–Crippen MR) is 128 cm³/mol. The lowest BCUT2D eigenvalue weighted by Gasteiger charge is -2.27. The van der Waals surface area contributed by atoms with Crippen LogP contribution >= 0.6 is 0 Å². The van der Waals surface area contributed by atoms with E-state index in [1.165, 1.54) is 0 Å². The number of fused-ring (bicyclic) bond motifs is 1. The highest BCUT2D eigenvalue weighted by atomic mass is 16.5. The molecule has 0 saturated carbocycles. The topological polar surface area (TPSA) is 101 Å². The monoisotopic (exact) mass is 462 g/mol. The second-order valence-corrected chi connectivity index (χ2v) is 8.48. The van der Waals surface area contributed by atoms with Gasteiger partial charge in [-0.3, -0.25) is 9.48 Å². The van der Waals surface area contributed by atoms with Gasteiger partial charge in [-0.05, 0) is 30.2 Å². The van der Waals surface area contributed by atoms with Crippen molar-refractivity contribution in [1.29, 1.82) is 0 Å². The highest BCUT2D eigenvalue weighted by Gasteiger charge is 2.52. The average molecular weight is 463 g/mol. The molecule has 8 nitrogen and oxygen atoms in total. The number of aryl methyl sites for hydroxylation is 1. The van der Waals surface area contributed by atoms with Crippen molar-refractivity contribution < 1.29 is 19.7 Å². The summed E-state index contributed by atoms with van der Waals surface area (Å²) >= 11 is 0. The Labute approximate surface area is 199 Å². The van der Waals surface area contributed by atoms with Crippen molar-refractivity contribution in [1.82, 2.24) is 15.0 Å². The van der Waals surface area contributed by atoms with Crippen molar-refractivity contribution in [2.24, 2.45) is 5.92 Å². The van der Waals surface area contributed by atoms with Crippen molar-refractivity contribution in [3.8, 4) is 5.75 Å². The number of methoxy groups -OCH3 is 1. The number of carbonyl (C=O) groups is 1. The number of hydrogen-bond acceptors (Lipinski definition) is 6. The molecule has 2 atom stereocenters. The third-order valence-corrected chi connectivity index (χ3v) is 6.22. The van der Waals surface area contributed by atoms with Crippen molar-refractivity contribution in [2.45, 2.75) is 38.5 Å². The molecule has 0 bridgehead atoms. The van der Waals surface area contributed by atoms with E-state index in [4.69, 9.17) is 9.84 Å². The molecule has 1 aliphatic heterocycles. The smallest absolute Gasteiger partial charge is 0.264 e. The SMILES string of the molecule is COc1ccc2c(c1)[C@](O)([C@@H](C)/C=C/CCn1cc(CCO)nn1)C(=O)N2Cc1ccccc1. The molecule has 0 unspecified atom stereocenters. The molecule has 1 aliphatic rings. The zero-order chi connectivity index (χ0) is 24.1. The van der Waals surface area contributed by atoms with E-state index in [0.29, 0.717) is 42.9 Å². The van der Waals surface area contributed by atoms with E-state index in [1.54, 1.807) is 28.8 Å². The molecule has 0 aliphatic carbocycles.